The van der Waals surface area contributed by atoms with E-state index in [-0.39, 0.29) is 17.8 Å². The summed E-state index contributed by atoms with van der Waals surface area (Å²) in [6, 6.07) is 15.0. The molecule has 8 nitrogen and oxygen atoms in total. The van der Waals surface area contributed by atoms with Gasteiger partial charge in [-0.1, -0.05) is 29.5 Å². The first kappa shape index (κ1) is 19.7. The Balaban J connectivity index is 1.32. The monoisotopic (exact) mass is 422 g/mol. The molecule has 3 aromatic rings. The lowest BCUT2D eigenvalue weighted by atomic mass is 10.2. The number of nitrogens with one attached hydrogen (secondary N) is 1. The zero-order chi connectivity index (χ0) is 20.9. The second kappa shape index (κ2) is 8.83. The third-order valence-electron chi connectivity index (χ3n) is 4.30. The molecular weight excluding hydrogens is 404 g/mol. The van der Waals surface area contributed by atoms with Gasteiger partial charge in [0.05, 0.1) is 24.8 Å². The minimum atomic E-state index is -0.372. The highest BCUT2D eigenvalue weighted by Gasteiger charge is 2.24. The number of hydrogen-bond acceptors (Lipinski definition) is 7. The number of rotatable bonds is 7. The molecule has 9 heteroatoms. The summed E-state index contributed by atoms with van der Waals surface area (Å²) in [4.78, 5) is 23.2. The molecule has 2 amide bonds. The number of carbonyl (C=O) groups excluding carboxylic acids is 2. The standard InChI is InChI=1S/C21H18N4O4S/c1-28-17-6-4-15(5-7-17)11-25-12-16(23-24-25)13-29-18-8-2-14(3-9-18)10-19-20(26)22-21(27)30-19/h2-10,12H,11,13H2,1H3,(H,22,26,27)/b19-10-. The molecule has 1 fully saturated rings. The molecule has 1 aliphatic heterocycles. The van der Waals surface area contributed by atoms with E-state index in [4.69, 9.17) is 9.47 Å². The van der Waals surface area contributed by atoms with Crippen molar-refractivity contribution < 1.29 is 19.1 Å². The first-order chi connectivity index (χ1) is 14.6. The zero-order valence-corrected chi connectivity index (χ0v) is 16.9. The molecule has 152 valence electrons. The van der Waals surface area contributed by atoms with Crippen LogP contribution in [0.4, 0.5) is 4.79 Å². The highest BCUT2D eigenvalue weighted by molar-refractivity contribution is 8.18. The van der Waals surface area contributed by atoms with Gasteiger partial charge in [-0.25, -0.2) is 4.68 Å². The van der Waals surface area contributed by atoms with Crippen molar-refractivity contribution in [1.82, 2.24) is 20.3 Å². The quantitative estimate of drug-likeness (QED) is 0.584. The lowest BCUT2D eigenvalue weighted by Gasteiger charge is -2.04. The number of ether oxygens (including phenoxy) is 2. The number of thioether (sulfide) groups is 1. The molecule has 2 aromatic carbocycles. The topological polar surface area (TPSA) is 95.3 Å². The Morgan fingerprint density at radius 2 is 1.80 bits per heavy atom. The second-order valence-electron chi connectivity index (χ2n) is 6.47. The maximum atomic E-state index is 11.6. The van der Waals surface area contributed by atoms with Crippen LogP contribution in [0, 0.1) is 0 Å². The minimum absolute atomic E-state index is 0.288. The average molecular weight is 422 g/mol. The molecular formula is C21H18N4O4S. The maximum Gasteiger partial charge on any atom is 0.290 e. The van der Waals surface area contributed by atoms with Crippen LogP contribution in [0.15, 0.2) is 59.6 Å². The molecule has 0 saturated carbocycles. The van der Waals surface area contributed by atoms with Gasteiger partial charge in [0.1, 0.15) is 23.8 Å². The normalized spacial score (nSPS) is 14.8. The predicted molar refractivity (Wildman–Crippen MR) is 112 cm³/mol. The number of benzene rings is 2. The van der Waals surface area contributed by atoms with Gasteiger partial charge in [-0.15, -0.1) is 5.10 Å². The van der Waals surface area contributed by atoms with Crippen molar-refractivity contribution in [3.8, 4) is 11.5 Å². The summed E-state index contributed by atoms with van der Waals surface area (Å²) in [7, 11) is 1.64. The van der Waals surface area contributed by atoms with Gasteiger partial charge in [-0.05, 0) is 53.2 Å². The molecule has 0 spiro atoms. The second-order valence-corrected chi connectivity index (χ2v) is 7.48. The fraction of sp³-hybridized carbons (Fsp3) is 0.143. The molecule has 0 aliphatic carbocycles. The summed E-state index contributed by atoms with van der Waals surface area (Å²) in [5.41, 5.74) is 2.61. The van der Waals surface area contributed by atoms with E-state index in [0.29, 0.717) is 22.9 Å². The van der Waals surface area contributed by atoms with Gasteiger partial charge in [-0.3, -0.25) is 14.9 Å². The van der Waals surface area contributed by atoms with Crippen LogP contribution in [-0.2, 0) is 17.9 Å². The van der Waals surface area contributed by atoms with E-state index in [1.165, 1.54) is 0 Å². The molecule has 4 rings (SSSR count). The van der Waals surface area contributed by atoms with Crippen LogP contribution in [0.2, 0.25) is 0 Å². The van der Waals surface area contributed by atoms with Crippen LogP contribution in [0.3, 0.4) is 0 Å². The van der Waals surface area contributed by atoms with Crippen LogP contribution in [0.25, 0.3) is 6.08 Å². The van der Waals surface area contributed by atoms with E-state index < -0.39 is 0 Å². The summed E-state index contributed by atoms with van der Waals surface area (Å²) >= 11 is 0.891. The Bertz CT molecular complexity index is 1090. The highest BCUT2D eigenvalue weighted by atomic mass is 32.2. The van der Waals surface area contributed by atoms with Gasteiger partial charge in [0, 0.05) is 0 Å². The van der Waals surface area contributed by atoms with Crippen molar-refractivity contribution in [2.75, 3.05) is 7.11 Å². The van der Waals surface area contributed by atoms with Gasteiger partial charge in [0.2, 0.25) is 0 Å². The Morgan fingerprint density at radius 1 is 1.07 bits per heavy atom. The molecule has 1 N–H and O–H groups in total. The van der Waals surface area contributed by atoms with Crippen LogP contribution in [0.1, 0.15) is 16.8 Å². The zero-order valence-electron chi connectivity index (χ0n) is 16.1. The first-order valence-corrected chi connectivity index (χ1v) is 9.90. The lowest BCUT2D eigenvalue weighted by Crippen LogP contribution is -2.17. The summed E-state index contributed by atoms with van der Waals surface area (Å²) in [5.74, 6) is 1.11. The maximum absolute atomic E-state index is 11.6. The lowest BCUT2D eigenvalue weighted by molar-refractivity contribution is -0.115. The fourth-order valence-corrected chi connectivity index (χ4v) is 3.47. The Hall–Kier alpha value is -3.59. The Kier molecular flexibility index (Phi) is 5.80. The van der Waals surface area contributed by atoms with Gasteiger partial charge < -0.3 is 9.47 Å². The summed E-state index contributed by atoms with van der Waals surface area (Å²) in [6.45, 7) is 0.893. The molecule has 1 aromatic heterocycles. The van der Waals surface area contributed by atoms with Crippen molar-refractivity contribution in [1.29, 1.82) is 0 Å². The van der Waals surface area contributed by atoms with Gasteiger partial charge in [-0.2, -0.15) is 0 Å². The van der Waals surface area contributed by atoms with Crippen LogP contribution in [0.5, 0.6) is 11.5 Å². The third-order valence-corrected chi connectivity index (χ3v) is 5.11. The van der Waals surface area contributed by atoms with E-state index in [1.807, 2.05) is 42.6 Å². The fourth-order valence-electron chi connectivity index (χ4n) is 2.79. The number of aromatic nitrogens is 3. The van der Waals surface area contributed by atoms with Gasteiger partial charge in [0.25, 0.3) is 11.1 Å². The molecule has 2 heterocycles. The largest absolute Gasteiger partial charge is 0.497 e. The summed E-state index contributed by atoms with van der Waals surface area (Å²) < 4.78 is 12.7. The first-order valence-electron chi connectivity index (χ1n) is 9.09. The summed E-state index contributed by atoms with van der Waals surface area (Å²) in [5, 5.41) is 10.1. The molecule has 0 bridgehead atoms. The molecule has 1 saturated heterocycles. The molecule has 30 heavy (non-hydrogen) atoms. The number of imide groups is 1. The van der Waals surface area contributed by atoms with Gasteiger partial charge >= 0.3 is 0 Å². The summed E-state index contributed by atoms with van der Waals surface area (Å²) in [6.07, 6.45) is 3.51. The van der Waals surface area contributed by atoms with Crippen LogP contribution in [-0.4, -0.2) is 33.3 Å². The van der Waals surface area contributed by atoms with E-state index in [1.54, 1.807) is 30.0 Å². The van der Waals surface area contributed by atoms with E-state index >= 15 is 0 Å². The number of hydrogen-bond donors (Lipinski definition) is 1. The van der Waals surface area contributed by atoms with Crippen molar-refractivity contribution >= 4 is 29.0 Å². The molecule has 0 radical (unpaired) electrons. The molecule has 1 aliphatic rings. The van der Waals surface area contributed by atoms with Crippen molar-refractivity contribution in [2.45, 2.75) is 13.2 Å². The average Bonchev–Trinajstić information content (AvgIpc) is 3.33. The smallest absolute Gasteiger partial charge is 0.290 e. The number of nitrogens with zero attached hydrogens (tertiary/aromatic N) is 3. The van der Waals surface area contributed by atoms with Crippen LogP contribution < -0.4 is 14.8 Å². The van der Waals surface area contributed by atoms with Crippen molar-refractivity contribution in [3.05, 3.63) is 76.5 Å². The van der Waals surface area contributed by atoms with E-state index in [9.17, 15) is 9.59 Å². The number of carbonyl (C=O) groups is 2. The third kappa shape index (κ3) is 4.87. The van der Waals surface area contributed by atoms with E-state index in [0.717, 1.165) is 28.6 Å². The number of methoxy groups -OCH3 is 1. The van der Waals surface area contributed by atoms with Crippen molar-refractivity contribution in [3.63, 3.8) is 0 Å². The van der Waals surface area contributed by atoms with Crippen LogP contribution >= 0.6 is 11.8 Å². The van der Waals surface area contributed by atoms with Gasteiger partial charge in [0.15, 0.2) is 0 Å². The number of amides is 2. The molecule has 0 atom stereocenters. The Labute approximate surface area is 176 Å². The minimum Gasteiger partial charge on any atom is -0.497 e. The molecule has 0 unspecified atom stereocenters. The SMILES string of the molecule is COc1ccc(Cn2cc(COc3ccc(/C=C4\SC(=O)NC4=O)cc3)nn2)cc1. The predicted octanol–water partition coefficient (Wildman–Crippen LogP) is 3.24. The highest BCUT2D eigenvalue weighted by Crippen LogP contribution is 2.26. The van der Waals surface area contributed by atoms with E-state index in [2.05, 4.69) is 15.6 Å². The van der Waals surface area contributed by atoms with Crippen molar-refractivity contribution in [2.24, 2.45) is 0 Å². The Morgan fingerprint density at radius 3 is 2.47 bits per heavy atom.